The van der Waals surface area contributed by atoms with Crippen molar-refractivity contribution in [3.8, 4) is 0 Å². The summed E-state index contributed by atoms with van der Waals surface area (Å²) in [4.78, 5) is 11.6. The van der Waals surface area contributed by atoms with Crippen LogP contribution in [0.5, 0.6) is 0 Å². The second kappa shape index (κ2) is 3.32. The summed E-state index contributed by atoms with van der Waals surface area (Å²) in [6, 6.07) is 0. The van der Waals surface area contributed by atoms with Gasteiger partial charge in [0, 0.05) is 18.8 Å². The quantitative estimate of drug-likeness (QED) is 0.652. The number of aryl methyl sites for hydroxylation is 1. The fourth-order valence-corrected chi connectivity index (χ4v) is 1.48. The van der Waals surface area contributed by atoms with Gasteiger partial charge >= 0.3 is 0 Å². The van der Waals surface area contributed by atoms with Crippen LogP contribution in [0.25, 0.3) is 0 Å². The number of rotatable bonds is 1. The van der Waals surface area contributed by atoms with Crippen molar-refractivity contribution < 1.29 is 4.39 Å². The first-order chi connectivity index (χ1) is 5.95. The number of aromatic nitrogens is 1. The second-order valence-corrected chi connectivity index (χ2v) is 3.59. The standard InChI is InChI=1S/C10H14FNO/c1-6(2)9-7(3)8(11)5-12(4)10(9)13/h5-6H,1-4H3. The molecule has 1 aromatic heterocycles. The Kier molecular flexibility index (Phi) is 2.55. The third-order valence-electron chi connectivity index (χ3n) is 2.20. The third-order valence-corrected chi connectivity index (χ3v) is 2.20. The Bertz CT molecular complexity index is 379. The van der Waals surface area contributed by atoms with Gasteiger partial charge in [0.15, 0.2) is 0 Å². The molecule has 0 unspecified atom stereocenters. The summed E-state index contributed by atoms with van der Waals surface area (Å²) >= 11 is 0. The van der Waals surface area contributed by atoms with Crippen molar-refractivity contribution in [3.05, 3.63) is 33.5 Å². The lowest BCUT2D eigenvalue weighted by atomic mass is 10.00. The van der Waals surface area contributed by atoms with Crippen LogP contribution in [0.4, 0.5) is 4.39 Å². The van der Waals surface area contributed by atoms with Gasteiger partial charge in [-0.15, -0.1) is 0 Å². The normalized spacial score (nSPS) is 10.9. The Labute approximate surface area is 77.0 Å². The average Bonchev–Trinajstić information content (AvgIpc) is 2.01. The molecule has 0 saturated carbocycles. The SMILES string of the molecule is Cc1c(F)cn(C)c(=O)c1C(C)C. The number of halogens is 1. The van der Waals surface area contributed by atoms with E-state index >= 15 is 0 Å². The van der Waals surface area contributed by atoms with E-state index in [4.69, 9.17) is 0 Å². The zero-order chi connectivity index (χ0) is 10.2. The van der Waals surface area contributed by atoms with Gasteiger partial charge < -0.3 is 4.57 Å². The van der Waals surface area contributed by atoms with Gasteiger partial charge in [-0.3, -0.25) is 4.79 Å². The predicted octanol–water partition coefficient (Wildman–Crippen LogP) is 1.96. The second-order valence-electron chi connectivity index (χ2n) is 3.59. The lowest BCUT2D eigenvalue weighted by Gasteiger charge is -2.11. The molecule has 0 aliphatic heterocycles. The highest BCUT2D eigenvalue weighted by Gasteiger charge is 2.13. The molecule has 3 heteroatoms. The Hall–Kier alpha value is -1.12. The van der Waals surface area contributed by atoms with Gasteiger partial charge in [0.25, 0.3) is 5.56 Å². The van der Waals surface area contributed by atoms with Crippen molar-refractivity contribution in [3.63, 3.8) is 0 Å². The van der Waals surface area contributed by atoms with Crippen LogP contribution >= 0.6 is 0 Å². The van der Waals surface area contributed by atoms with E-state index in [1.165, 1.54) is 10.8 Å². The molecule has 0 fully saturated rings. The molecule has 0 atom stereocenters. The molecule has 72 valence electrons. The molecule has 0 saturated heterocycles. The van der Waals surface area contributed by atoms with E-state index in [0.29, 0.717) is 11.1 Å². The van der Waals surface area contributed by atoms with E-state index < -0.39 is 0 Å². The molecule has 0 amide bonds. The summed E-state index contributed by atoms with van der Waals surface area (Å²) in [5, 5.41) is 0. The van der Waals surface area contributed by atoms with Gasteiger partial charge in [-0.25, -0.2) is 4.39 Å². The third kappa shape index (κ3) is 1.64. The Morgan fingerprint density at radius 1 is 1.46 bits per heavy atom. The van der Waals surface area contributed by atoms with Crippen LogP contribution in [0.1, 0.15) is 30.9 Å². The minimum atomic E-state index is -0.314. The number of nitrogens with zero attached hydrogens (tertiary/aromatic N) is 1. The molecule has 1 heterocycles. The van der Waals surface area contributed by atoms with Gasteiger partial charge in [0.2, 0.25) is 0 Å². The van der Waals surface area contributed by atoms with Crippen LogP contribution < -0.4 is 5.56 Å². The highest BCUT2D eigenvalue weighted by Crippen LogP contribution is 2.16. The van der Waals surface area contributed by atoms with E-state index in [1.807, 2.05) is 13.8 Å². The Balaban J connectivity index is 3.56. The van der Waals surface area contributed by atoms with Crippen LogP contribution in [-0.2, 0) is 7.05 Å². The molecule has 0 bridgehead atoms. The number of hydrogen-bond acceptors (Lipinski definition) is 1. The maximum absolute atomic E-state index is 13.2. The zero-order valence-electron chi connectivity index (χ0n) is 8.39. The topological polar surface area (TPSA) is 22.0 Å². The summed E-state index contributed by atoms with van der Waals surface area (Å²) in [5.41, 5.74) is 0.939. The molecule has 0 N–H and O–H groups in total. The van der Waals surface area contributed by atoms with E-state index in [1.54, 1.807) is 14.0 Å². The van der Waals surface area contributed by atoms with Gasteiger partial charge in [-0.1, -0.05) is 13.8 Å². The molecule has 0 spiro atoms. The highest BCUT2D eigenvalue weighted by molar-refractivity contribution is 5.26. The Morgan fingerprint density at radius 2 is 2.00 bits per heavy atom. The fraction of sp³-hybridized carbons (Fsp3) is 0.500. The summed E-state index contributed by atoms with van der Waals surface area (Å²) in [6.45, 7) is 5.43. The van der Waals surface area contributed by atoms with Crippen LogP contribution in [0.15, 0.2) is 11.0 Å². The van der Waals surface area contributed by atoms with Gasteiger partial charge in [0.1, 0.15) is 5.82 Å². The minimum Gasteiger partial charge on any atom is -0.315 e. The lowest BCUT2D eigenvalue weighted by molar-refractivity contribution is 0.585. The number of hydrogen-bond donors (Lipinski definition) is 0. The smallest absolute Gasteiger partial charge is 0.254 e. The monoisotopic (exact) mass is 183 g/mol. The molecule has 0 aliphatic rings. The van der Waals surface area contributed by atoms with Gasteiger partial charge in [-0.2, -0.15) is 0 Å². The van der Waals surface area contributed by atoms with E-state index in [2.05, 4.69) is 0 Å². The molecule has 1 rings (SSSR count). The first-order valence-corrected chi connectivity index (χ1v) is 4.30. The Morgan fingerprint density at radius 3 is 2.46 bits per heavy atom. The van der Waals surface area contributed by atoms with Crippen molar-refractivity contribution in [1.82, 2.24) is 4.57 Å². The van der Waals surface area contributed by atoms with Crippen LogP contribution in [-0.4, -0.2) is 4.57 Å². The van der Waals surface area contributed by atoms with E-state index in [-0.39, 0.29) is 17.3 Å². The minimum absolute atomic E-state index is 0.0643. The predicted molar refractivity (Wildman–Crippen MR) is 50.5 cm³/mol. The first-order valence-electron chi connectivity index (χ1n) is 4.30. The number of pyridine rings is 1. The molecule has 1 aromatic rings. The summed E-state index contributed by atoms with van der Waals surface area (Å²) < 4.78 is 14.5. The first kappa shape index (κ1) is 9.96. The fourth-order valence-electron chi connectivity index (χ4n) is 1.48. The largest absolute Gasteiger partial charge is 0.315 e. The zero-order valence-corrected chi connectivity index (χ0v) is 8.39. The van der Waals surface area contributed by atoms with Crippen LogP contribution in [0.3, 0.4) is 0 Å². The molecule has 0 aliphatic carbocycles. The van der Waals surface area contributed by atoms with Crippen molar-refractivity contribution in [1.29, 1.82) is 0 Å². The van der Waals surface area contributed by atoms with Crippen molar-refractivity contribution >= 4 is 0 Å². The molecular formula is C10H14FNO. The molecular weight excluding hydrogens is 169 g/mol. The van der Waals surface area contributed by atoms with Crippen molar-refractivity contribution in [2.45, 2.75) is 26.7 Å². The maximum atomic E-state index is 13.2. The van der Waals surface area contributed by atoms with Crippen LogP contribution in [0.2, 0.25) is 0 Å². The molecule has 2 nitrogen and oxygen atoms in total. The lowest BCUT2D eigenvalue weighted by Crippen LogP contribution is -2.24. The summed E-state index contributed by atoms with van der Waals surface area (Å²) in [6.07, 6.45) is 1.23. The van der Waals surface area contributed by atoms with Gasteiger partial charge in [-0.05, 0) is 18.4 Å². The maximum Gasteiger partial charge on any atom is 0.254 e. The van der Waals surface area contributed by atoms with Crippen molar-refractivity contribution in [2.24, 2.45) is 7.05 Å². The van der Waals surface area contributed by atoms with Crippen molar-refractivity contribution in [2.75, 3.05) is 0 Å². The molecule has 0 radical (unpaired) electrons. The van der Waals surface area contributed by atoms with E-state index in [0.717, 1.165) is 0 Å². The van der Waals surface area contributed by atoms with E-state index in [9.17, 15) is 9.18 Å². The van der Waals surface area contributed by atoms with Crippen LogP contribution in [0, 0.1) is 12.7 Å². The van der Waals surface area contributed by atoms with Gasteiger partial charge in [0.05, 0.1) is 0 Å². The average molecular weight is 183 g/mol. The molecule has 13 heavy (non-hydrogen) atoms. The highest BCUT2D eigenvalue weighted by atomic mass is 19.1. The summed E-state index contributed by atoms with van der Waals surface area (Å²) in [7, 11) is 1.57. The molecule has 0 aromatic carbocycles. The summed E-state index contributed by atoms with van der Waals surface area (Å²) in [5.74, 6) is -0.250.